The van der Waals surface area contributed by atoms with Crippen LogP contribution in [0.25, 0.3) is 121 Å². The summed E-state index contributed by atoms with van der Waals surface area (Å²) in [6, 6.07) is 63.8. The Bertz CT molecular complexity index is 3540. The Morgan fingerprint density at radius 2 is 0.964 bits per heavy atom. The van der Waals surface area contributed by atoms with Gasteiger partial charge < -0.3 is 8.83 Å². The van der Waals surface area contributed by atoms with Gasteiger partial charge in [-0.2, -0.15) is 0 Å². The lowest BCUT2D eigenvalue weighted by molar-refractivity contribution is 0.669. The van der Waals surface area contributed by atoms with E-state index in [0.29, 0.717) is 5.82 Å². The van der Waals surface area contributed by atoms with Crippen molar-refractivity contribution in [2.24, 2.45) is 0 Å². The first-order valence-electron chi connectivity index (χ1n) is 18.9. The molecule has 0 amide bonds. The minimum atomic E-state index is 0.628. The highest BCUT2D eigenvalue weighted by molar-refractivity contribution is 6.16. The van der Waals surface area contributed by atoms with E-state index in [9.17, 15) is 0 Å². The van der Waals surface area contributed by atoms with Gasteiger partial charge in [0, 0.05) is 38.2 Å². The van der Waals surface area contributed by atoms with E-state index >= 15 is 0 Å². The van der Waals surface area contributed by atoms with Crippen LogP contribution >= 0.6 is 0 Å². The molecule has 3 heterocycles. The zero-order valence-corrected chi connectivity index (χ0v) is 30.0. The summed E-state index contributed by atoms with van der Waals surface area (Å²) in [5.41, 5.74) is 9.98. The molecule has 0 aliphatic heterocycles. The van der Waals surface area contributed by atoms with Crippen molar-refractivity contribution >= 4 is 76.2 Å². The van der Waals surface area contributed by atoms with Crippen LogP contribution in [0.2, 0.25) is 0 Å². The summed E-state index contributed by atoms with van der Waals surface area (Å²) in [5.74, 6) is 0.628. The van der Waals surface area contributed by atoms with Gasteiger partial charge in [-0.05, 0) is 98.0 Å². The summed E-state index contributed by atoms with van der Waals surface area (Å²) >= 11 is 0. The van der Waals surface area contributed by atoms with Crippen molar-refractivity contribution in [3.8, 4) is 45.0 Å². The van der Waals surface area contributed by atoms with Gasteiger partial charge in [-0.25, -0.2) is 9.97 Å². The number of rotatable bonds is 4. The van der Waals surface area contributed by atoms with E-state index in [1.54, 1.807) is 0 Å². The fourth-order valence-electron chi connectivity index (χ4n) is 8.56. The molecule has 4 nitrogen and oxygen atoms in total. The molecule has 4 heteroatoms. The van der Waals surface area contributed by atoms with E-state index in [2.05, 4.69) is 164 Å². The monoisotopic (exact) mass is 714 g/mol. The quantitative estimate of drug-likeness (QED) is 0.170. The number of benzene rings is 9. The molecule has 56 heavy (non-hydrogen) atoms. The van der Waals surface area contributed by atoms with E-state index in [1.807, 2.05) is 18.2 Å². The first kappa shape index (κ1) is 30.9. The van der Waals surface area contributed by atoms with Gasteiger partial charge in [0.25, 0.3) is 0 Å². The average molecular weight is 715 g/mol. The molecule has 3 aromatic heterocycles. The second kappa shape index (κ2) is 12.0. The van der Waals surface area contributed by atoms with Gasteiger partial charge in [0.15, 0.2) is 5.82 Å². The molecule has 0 aliphatic rings. The van der Waals surface area contributed by atoms with E-state index in [1.165, 1.54) is 26.9 Å². The van der Waals surface area contributed by atoms with Crippen molar-refractivity contribution in [3.05, 3.63) is 182 Å². The standard InChI is InChI=1S/C52H30N2O2/c1-2-11-32(12-3-1)44-30-45(37-21-22-39-35(26-37)19-18-31-10-6-7-15-38(31)39)54-52(53-44)51-40(24-25-47-50(51)42-16-8-9-17-46(42)55-47)36-20-23-41-43-27-33-13-4-5-14-34(33)28-49(43)56-48(41)29-36/h1-30H. The van der Waals surface area contributed by atoms with Crippen molar-refractivity contribution in [2.45, 2.75) is 0 Å². The van der Waals surface area contributed by atoms with Crippen molar-refractivity contribution in [3.63, 3.8) is 0 Å². The molecule has 0 saturated heterocycles. The highest BCUT2D eigenvalue weighted by Crippen LogP contribution is 2.44. The minimum Gasteiger partial charge on any atom is -0.456 e. The molecule has 0 bridgehead atoms. The average Bonchev–Trinajstić information content (AvgIpc) is 3.82. The highest BCUT2D eigenvalue weighted by Gasteiger charge is 2.22. The highest BCUT2D eigenvalue weighted by atomic mass is 16.3. The van der Waals surface area contributed by atoms with Crippen LogP contribution in [0.1, 0.15) is 0 Å². The van der Waals surface area contributed by atoms with E-state index in [0.717, 1.165) is 88.5 Å². The van der Waals surface area contributed by atoms with Gasteiger partial charge in [-0.1, -0.05) is 127 Å². The third kappa shape index (κ3) is 4.79. The topological polar surface area (TPSA) is 52.1 Å². The smallest absolute Gasteiger partial charge is 0.161 e. The Morgan fingerprint density at radius 3 is 1.84 bits per heavy atom. The van der Waals surface area contributed by atoms with Gasteiger partial charge in [-0.3, -0.25) is 0 Å². The molecule has 260 valence electrons. The summed E-state index contributed by atoms with van der Waals surface area (Å²) in [7, 11) is 0. The maximum atomic E-state index is 6.58. The molecule has 0 unspecified atom stereocenters. The normalized spacial score (nSPS) is 11.9. The fourth-order valence-corrected chi connectivity index (χ4v) is 8.56. The van der Waals surface area contributed by atoms with Crippen molar-refractivity contribution < 1.29 is 8.83 Å². The molecule has 0 fully saturated rings. The lowest BCUT2D eigenvalue weighted by Gasteiger charge is -2.14. The summed E-state index contributed by atoms with van der Waals surface area (Å²) < 4.78 is 13.1. The minimum absolute atomic E-state index is 0.628. The maximum absolute atomic E-state index is 6.58. The number of fused-ring (bicyclic) bond motifs is 10. The van der Waals surface area contributed by atoms with Crippen LogP contribution in [-0.2, 0) is 0 Å². The molecule has 12 rings (SSSR count). The summed E-state index contributed by atoms with van der Waals surface area (Å²) in [4.78, 5) is 10.8. The molecule has 0 saturated carbocycles. The fraction of sp³-hybridized carbons (Fsp3) is 0. The SMILES string of the molecule is c1ccc(-c2cc(-c3ccc4c(ccc5ccccc54)c3)nc(-c3c(-c4ccc5c(c4)oc4cc6ccccc6cc45)ccc4oc5ccccc5c34)n2)cc1. The van der Waals surface area contributed by atoms with Gasteiger partial charge in [0.2, 0.25) is 0 Å². The zero-order chi connectivity index (χ0) is 36.7. The lowest BCUT2D eigenvalue weighted by Crippen LogP contribution is -1.98. The van der Waals surface area contributed by atoms with Crippen LogP contribution < -0.4 is 0 Å². The number of nitrogens with zero attached hydrogens (tertiary/aromatic N) is 2. The largest absolute Gasteiger partial charge is 0.456 e. The van der Waals surface area contributed by atoms with Crippen LogP contribution in [0.4, 0.5) is 0 Å². The third-order valence-corrected chi connectivity index (χ3v) is 11.3. The summed E-state index contributed by atoms with van der Waals surface area (Å²) in [6.07, 6.45) is 0. The van der Waals surface area contributed by atoms with E-state index in [-0.39, 0.29) is 0 Å². The van der Waals surface area contributed by atoms with Crippen LogP contribution in [0.5, 0.6) is 0 Å². The number of furan rings is 2. The zero-order valence-electron chi connectivity index (χ0n) is 30.0. The van der Waals surface area contributed by atoms with Gasteiger partial charge >= 0.3 is 0 Å². The second-order valence-corrected chi connectivity index (χ2v) is 14.5. The lowest BCUT2D eigenvalue weighted by atomic mass is 9.93. The number of aromatic nitrogens is 2. The van der Waals surface area contributed by atoms with E-state index in [4.69, 9.17) is 18.8 Å². The molecule has 12 aromatic rings. The number of hydrogen-bond donors (Lipinski definition) is 0. The van der Waals surface area contributed by atoms with Crippen LogP contribution in [-0.4, -0.2) is 9.97 Å². The van der Waals surface area contributed by atoms with Gasteiger partial charge in [0.05, 0.1) is 11.4 Å². The summed E-state index contributed by atoms with van der Waals surface area (Å²) in [5, 5.41) is 11.4. The van der Waals surface area contributed by atoms with E-state index < -0.39 is 0 Å². The van der Waals surface area contributed by atoms with Crippen molar-refractivity contribution in [2.75, 3.05) is 0 Å². The Morgan fingerprint density at radius 1 is 0.321 bits per heavy atom. The Labute approximate surface area is 320 Å². The van der Waals surface area contributed by atoms with Crippen LogP contribution in [0, 0.1) is 0 Å². The Hall–Kier alpha value is -7.56. The first-order valence-corrected chi connectivity index (χ1v) is 18.9. The third-order valence-electron chi connectivity index (χ3n) is 11.3. The summed E-state index contributed by atoms with van der Waals surface area (Å²) in [6.45, 7) is 0. The molecule has 0 spiro atoms. The van der Waals surface area contributed by atoms with Crippen LogP contribution in [0.3, 0.4) is 0 Å². The molecule has 9 aromatic carbocycles. The first-order chi connectivity index (χ1) is 27.7. The predicted octanol–water partition coefficient (Wildman–Crippen LogP) is 14.4. The number of hydrogen-bond acceptors (Lipinski definition) is 4. The molecular formula is C52H30N2O2. The Balaban J connectivity index is 1.12. The van der Waals surface area contributed by atoms with Crippen molar-refractivity contribution in [1.29, 1.82) is 0 Å². The van der Waals surface area contributed by atoms with Gasteiger partial charge in [-0.15, -0.1) is 0 Å². The molecule has 0 radical (unpaired) electrons. The molecule has 0 aliphatic carbocycles. The number of para-hydroxylation sites is 1. The molecule has 0 N–H and O–H groups in total. The predicted molar refractivity (Wildman–Crippen MR) is 231 cm³/mol. The maximum Gasteiger partial charge on any atom is 0.161 e. The van der Waals surface area contributed by atoms with Crippen LogP contribution in [0.15, 0.2) is 191 Å². The Kier molecular flexibility index (Phi) is 6.60. The molecular weight excluding hydrogens is 685 g/mol. The van der Waals surface area contributed by atoms with Crippen molar-refractivity contribution in [1.82, 2.24) is 9.97 Å². The second-order valence-electron chi connectivity index (χ2n) is 14.5. The van der Waals surface area contributed by atoms with Gasteiger partial charge in [0.1, 0.15) is 22.3 Å². The molecule has 0 atom stereocenters.